The molecule has 11 heteroatoms. The molecule has 0 fully saturated rings. The molecule has 0 bridgehead atoms. The van der Waals surface area contributed by atoms with Gasteiger partial charge in [-0.15, -0.1) is 10.2 Å². The van der Waals surface area contributed by atoms with E-state index in [4.69, 9.17) is 0 Å². The molecule has 1 aromatic carbocycles. The van der Waals surface area contributed by atoms with Crippen molar-refractivity contribution < 1.29 is 22.7 Å². The molecule has 0 unspecified atom stereocenters. The maximum Gasteiger partial charge on any atom is 0.339 e. The molecule has 2 rings (SSSR count). The third kappa shape index (κ3) is 4.06. The van der Waals surface area contributed by atoms with Crippen LogP contribution in [0.3, 0.4) is 0 Å². The molecule has 1 amide bonds. The van der Waals surface area contributed by atoms with Gasteiger partial charge in [0.05, 0.1) is 18.4 Å². The van der Waals surface area contributed by atoms with Crippen LogP contribution in [-0.4, -0.2) is 37.6 Å². The number of nitrogens with zero attached hydrogens (tertiary/aromatic N) is 2. The summed E-state index contributed by atoms with van der Waals surface area (Å²) >= 11 is 0.702. The minimum Gasteiger partial charge on any atom is -0.465 e. The number of esters is 1. The summed E-state index contributed by atoms with van der Waals surface area (Å²) in [5.41, 5.74) is 0.117. The fourth-order valence-corrected chi connectivity index (χ4v) is 3.62. The van der Waals surface area contributed by atoms with Crippen LogP contribution < -0.4 is 10.0 Å². The van der Waals surface area contributed by atoms with Gasteiger partial charge >= 0.3 is 5.97 Å². The van der Waals surface area contributed by atoms with Gasteiger partial charge in [0.1, 0.15) is 0 Å². The van der Waals surface area contributed by atoms with Crippen molar-refractivity contribution in [1.82, 2.24) is 10.2 Å². The van der Waals surface area contributed by atoms with Crippen molar-refractivity contribution in [2.75, 3.05) is 17.1 Å². The summed E-state index contributed by atoms with van der Waals surface area (Å²) in [6.45, 7) is 1.65. The van der Waals surface area contributed by atoms with Gasteiger partial charge in [0.25, 0.3) is 14.4 Å². The van der Waals surface area contributed by atoms with Crippen LogP contribution in [0.2, 0.25) is 0 Å². The van der Waals surface area contributed by atoms with E-state index < -0.39 is 16.0 Å². The molecule has 0 aliphatic rings. The summed E-state index contributed by atoms with van der Waals surface area (Å²) in [5.74, 6) is -0.986. The Morgan fingerprint density at radius 3 is 2.62 bits per heavy atom. The Hall–Kier alpha value is -2.53. The second kappa shape index (κ2) is 7.36. The van der Waals surface area contributed by atoms with Crippen molar-refractivity contribution in [1.29, 1.82) is 0 Å². The zero-order valence-electron chi connectivity index (χ0n) is 12.8. The van der Waals surface area contributed by atoms with Gasteiger partial charge in [0.15, 0.2) is 0 Å². The fraction of sp³-hybridized carbons (Fsp3) is 0.231. The average molecular weight is 370 g/mol. The van der Waals surface area contributed by atoms with Gasteiger partial charge < -0.3 is 10.1 Å². The summed E-state index contributed by atoms with van der Waals surface area (Å²) in [5, 5.41) is 9.66. The zero-order chi connectivity index (χ0) is 17.7. The van der Waals surface area contributed by atoms with Crippen LogP contribution in [0.25, 0.3) is 0 Å². The van der Waals surface area contributed by atoms with Crippen molar-refractivity contribution >= 4 is 44.1 Å². The highest BCUT2D eigenvalue weighted by atomic mass is 32.2. The molecule has 0 aliphatic carbocycles. The molecule has 2 N–H and O–H groups in total. The van der Waals surface area contributed by atoms with Crippen molar-refractivity contribution in [2.24, 2.45) is 0 Å². The second-order valence-electron chi connectivity index (χ2n) is 4.42. The highest BCUT2D eigenvalue weighted by Gasteiger charge is 2.23. The first kappa shape index (κ1) is 17.8. The summed E-state index contributed by atoms with van der Waals surface area (Å²) in [7, 11) is -2.87. The maximum absolute atomic E-state index is 12.4. The monoisotopic (exact) mass is 370 g/mol. The first-order valence-corrected chi connectivity index (χ1v) is 9.01. The van der Waals surface area contributed by atoms with E-state index in [2.05, 4.69) is 25.0 Å². The topological polar surface area (TPSA) is 127 Å². The molecular formula is C13H14N4O5S2. The van der Waals surface area contributed by atoms with Crippen molar-refractivity contribution in [3.63, 3.8) is 0 Å². The van der Waals surface area contributed by atoms with Crippen LogP contribution in [0.4, 0.5) is 10.8 Å². The summed E-state index contributed by atoms with van der Waals surface area (Å²) in [6.07, 6.45) is 0.229. The molecule has 0 saturated carbocycles. The minimum atomic E-state index is -4.06. The fourth-order valence-electron chi connectivity index (χ4n) is 1.63. The van der Waals surface area contributed by atoms with E-state index in [1.54, 1.807) is 19.1 Å². The van der Waals surface area contributed by atoms with E-state index in [-0.39, 0.29) is 33.1 Å². The normalized spacial score (nSPS) is 10.9. The van der Waals surface area contributed by atoms with Gasteiger partial charge in [-0.2, -0.15) is 8.42 Å². The number of methoxy groups -OCH3 is 1. The summed E-state index contributed by atoms with van der Waals surface area (Å²) in [6, 6.07) is 5.99. The number of nitrogens with one attached hydrogen (secondary N) is 2. The van der Waals surface area contributed by atoms with Crippen LogP contribution in [0.5, 0.6) is 0 Å². The van der Waals surface area contributed by atoms with Gasteiger partial charge in [-0.05, 0) is 12.1 Å². The van der Waals surface area contributed by atoms with Crippen LogP contribution in [0, 0.1) is 0 Å². The summed E-state index contributed by atoms with van der Waals surface area (Å²) in [4.78, 5) is 23.0. The van der Waals surface area contributed by atoms with Crippen LogP contribution in [0.1, 0.15) is 23.7 Å². The van der Waals surface area contributed by atoms with E-state index in [0.29, 0.717) is 11.3 Å². The first-order valence-electron chi connectivity index (χ1n) is 6.71. The predicted molar refractivity (Wildman–Crippen MR) is 87.4 cm³/mol. The molecule has 1 aromatic heterocycles. The first-order chi connectivity index (χ1) is 11.4. The van der Waals surface area contributed by atoms with Crippen LogP contribution in [0.15, 0.2) is 28.6 Å². The number of carbonyl (C=O) groups excluding carboxylic acids is 2. The lowest BCUT2D eigenvalue weighted by Gasteiger charge is -2.09. The van der Waals surface area contributed by atoms with E-state index in [9.17, 15) is 18.0 Å². The second-order valence-corrected chi connectivity index (χ2v) is 7.25. The molecule has 1 heterocycles. The van der Waals surface area contributed by atoms with Crippen molar-refractivity contribution in [3.05, 3.63) is 29.8 Å². The van der Waals surface area contributed by atoms with Crippen LogP contribution >= 0.6 is 11.3 Å². The highest BCUT2D eigenvalue weighted by Crippen LogP contribution is 2.24. The number of para-hydroxylation sites is 1. The number of sulfonamides is 1. The molecule has 24 heavy (non-hydrogen) atoms. The van der Waals surface area contributed by atoms with Crippen molar-refractivity contribution in [3.8, 4) is 0 Å². The van der Waals surface area contributed by atoms with Crippen molar-refractivity contribution in [2.45, 2.75) is 17.7 Å². The van der Waals surface area contributed by atoms with E-state index in [1.165, 1.54) is 19.2 Å². The standard InChI is InChI=1S/C13H14N4O5S2/c1-3-10(18)14-12-15-16-13(23-12)24(20,21)17-9-7-5-4-6-8(9)11(19)22-2/h4-7,17H,3H2,1-2H3,(H,14,15,18). The van der Waals surface area contributed by atoms with Gasteiger partial charge in [-0.3, -0.25) is 9.52 Å². The summed E-state index contributed by atoms with van der Waals surface area (Å²) < 4.78 is 31.3. The third-order valence-electron chi connectivity index (χ3n) is 2.78. The minimum absolute atomic E-state index is 0.0543. The molecule has 0 saturated heterocycles. The number of carbonyl (C=O) groups is 2. The number of hydrogen-bond acceptors (Lipinski definition) is 8. The Morgan fingerprint density at radius 1 is 1.25 bits per heavy atom. The highest BCUT2D eigenvalue weighted by molar-refractivity contribution is 7.94. The third-order valence-corrected chi connectivity index (χ3v) is 5.35. The van der Waals surface area contributed by atoms with Crippen LogP contribution in [-0.2, 0) is 19.6 Å². The Bertz CT molecular complexity index is 863. The Kier molecular flexibility index (Phi) is 5.46. The molecule has 0 atom stereocenters. The van der Waals surface area contributed by atoms with Gasteiger partial charge in [-0.1, -0.05) is 30.4 Å². The maximum atomic E-state index is 12.4. The molecule has 0 spiro atoms. The lowest BCUT2D eigenvalue weighted by Crippen LogP contribution is -2.16. The number of hydrogen-bond donors (Lipinski definition) is 2. The van der Waals surface area contributed by atoms with Gasteiger partial charge in [0, 0.05) is 6.42 Å². The number of rotatable bonds is 6. The van der Waals surface area contributed by atoms with E-state index in [0.717, 1.165) is 0 Å². The number of aromatic nitrogens is 2. The number of amides is 1. The van der Waals surface area contributed by atoms with Gasteiger partial charge in [0.2, 0.25) is 11.0 Å². The number of anilines is 2. The van der Waals surface area contributed by atoms with E-state index >= 15 is 0 Å². The smallest absolute Gasteiger partial charge is 0.339 e. The molecular weight excluding hydrogens is 356 g/mol. The Balaban J connectivity index is 2.27. The number of benzene rings is 1. The zero-order valence-corrected chi connectivity index (χ0v) is 14.4. The lowest BCUT2D eigenvalue weighted by molar-refractivity contribution is -0.115. The molecule has 0 radical (unpaired) electrons. The average Bonchev–Trinajstić information content (AvgIpc) is 3.03. The predicted octanol–water partition coefficient (Wildman–Crippen LogP) is 1.47. The lowest BCUT2D eigenvalue weighted by atomic mass is 10.2. The van der Waals surface area contributed by atoms with Gasteiger partial charge in [-0.25, -0.2) is 4.79 Å². The largest absolute Gasteiger partial charge is 0.465 e. The SMILES string of the molecule is CCC(=O)Nc1nnc(S(=O)(=O)Nc2ccccc2C(=O)OC)s1. The molecule has 2 aromatic rings. The van der Waals surface area contributed by atoms with E-state index in [1.807, 2.05) is 0 Å². The number of ether oxygens (including phenoxy) is 1. The quantitative estimate of drug-likeness (QED) is 0.582. The molecule has 0 aliphatic heterocycles. The molecule has 9 nitrogen and oxygen atoms in total. The molecule has 128 valence electrons. The Labute approximate surface area is 142 Å². The Morgan fingerprint density at radius 2 is 1.96 bits per heavy atom.